The van der Waals surface area contributed by atoms with Crippen molar-refractivity contribution in [1.29, 1.82) is 0 Å². The molecule has 0 aliphatic heterocycles. The van der Waals surface area contributed by atoms with Gasteiger partial charge in [-0.2, -0.15) is 0 Å². The third kappa shape index (κ3) is 5.82. The SMILES string of the molecule is O=P(O)(CP(O)(O)=S)OS. The highest BCUT2D eigenvalue weighted by Gasteiger charge is 2.26. The first kappa shape index (κ1) is 11.1. The molecule has 1 unspecified atom stereocenters. The fraction of sp³-hybridized carbons (Fsp3) is 1.00. The van der Waals surface area contributed by atoms with Crippen LogP contribution in [0.1, 0.15) is 0 Å². The second-order valence-electron chi connectivity index (χ2n) is 1.53. The van der Waals surface area contributed by atoms with E-state index in [4.69, 9.17) is 14.7 Å². The minimum Gasteiger partial charge on any atom is -0.345 e. The lowest BCUT2D eigenvalue weighted by molar-refractivity contribution is 0.404. The first-order valence-corrected chi connectivity index (χ1v) is 6.98. The Kier molecular flexibility index (Phi) is 4.04. The highest BCUT2D eigenvalue weighted by molar-refractivity contribution is 8.11. The Balaban J connectivity index is 4.17. The normalized spacial score (nSPS) is 18.4. The summed E-state index contributed by atoms with van der Waals surface area (Å²) in [6.45, 7) is -3.66. The predicted octanol–water partition coefficient (Wildman–Crippen LogP) is 0.285. The molecule has 10 heavy (non-hydrogen) atoms. The van der Waals surface area contributed by atoms with E-state index in [1.165, 1.54) is 0 Å². The van der Waals surface area contributed by atoms with Crippen molar-refractivity contribution in [2.75, 3.05) is 5.90 Å². The van der Waals surface area contributed by atoms with E-state index in [2.05, 4.69) is 28.7 Å². The molecule has 0 fully saturated rings. The van der Waals surface area contributed by atoms with E-state index in [9.17, 15) is 4.57 Å². The average molecular weight is 224 g/mol. The van der Waals surface area contributed by atoms with Crippen molar-refractivity contribution in [2.45, 2.75) is 0 Å². The Morgan fingerprint density at radius 3 is 2.00 bits per heavy atom. The fourth-order valence-electron chi connectivity index (χ4n) is 0.259. The smallest absolute Gasteiger partial charge is 0.345 e. The summed E-state index contributed by atoms with van der Waals surface area (Å²) in [4.78, 5) is 25.6. The van der Waals surface area contributed by atoms with Crippen LogP contribution in [-0.4, -0.2) is 20.6 Å². The standard InChI is InChI=1S/CH6O5P2S2/c2-7(3,6-9)1-8(4,5)10/h9H,1H2,(H,2,3)(H2,4,5,10). The van der Waals surface area contributed by atoms with Crippen LogP contribution in [0.15, 0.2) is 0 Å². The van der Waals surface area contributed by atoms with Gasteiger partial charge in [-0.15, -0.1) is 0 Å². The zero-order valence-electron chi connectivity index (χ0n) is 4.62. The summed E-state index contributed by atoms with van der Waals surface area (Å²) in [5.74, 6) is -0.834. The summed E-state index contributed by atoms with van der Waals surface area (Å²) in [6.07, 6.45) is 0. The fourth-order valence-corrected chi connectivity index (χ4v) is 4.11. The third-order valence-corrected chi connectivity index (χ3v) is 5.45. The van der Waals surface area contributed by atoms with Gasteiger partial charge in [-0.05, 0) is 24.7 Å². The summed E-state index contributed by atoms with van der Waals surface area (Å²) in [5, 5.41) is 0. The second kappa shape index (κ2) is 3.65. The van der Waals surface area contributed by atoms with Crippen molar-refractivity contribution < 1.29 is 23.2 Å². The molecule has 0 heterocycles. The number of thiol groups is 1. The van der Waals surface area contributed by atoms with Crippen LogP contribution >= 0.6 is 27.0 Å². The molecular formula is CH6O5P2S2. The Bertz CT molecular complexity index is 196. The Labute approximate surface area is 68.4 Å². The molecule has 0 aromatic carbocycles. The number of hydrogen-bond donors (Lipinski definition) is 4. The van der Waals surface area contributed by atoms with Gasteiger partial charge in [0.15, 0.2) is 6.49 Å². The molecule has 62 valence electrons. The lowest BCUT2D eigenvalue weighted by Gasteiger charge is -2.10. The van der Waals surface area contributed by atoms with E-state index < -0.39 is 20.0 Å². The van der Waals surface area contributed by atoms with Crippen LogP contribution in [0.5, 0.6) is 0 Å². The van der Waals surface area contributed by atoms with Crippen LogP contribution < -0.4 is 0 Å². The second-order valence-corrected chi connectivity index (χ2v) is 7.67. The summed E-state index contributed by atoms with van der Waals surface area (Å²) in [6, 6.07) is 0. The number of rotatable bonds is 3. The van der Waals surface area contributed by atoms with Crippen molar-refractivity contribution in [1.82, 2.24) is 0 Å². The van der Waals surface area contributed by atoms with Gasteiger partial charge >= 0.3 is 7.60 Å². The molecule has 0 amide bonds. The summed E-state index contributed by atoms with van der Waals surface area (Å²) in [7, 11) is -3.99. The Hall–Kier alpha value is 1.07. The van der Waals surface area contributed by atoms with Gasteiger partial charge in [0, 0.05) is 0 Å². The molecular weight excluding hydrogens is 218 g/mol. The molecule has 1 atom stereocenters. The molecule has 0 aromatic heterocycles. The van der Waals surface area contributed by atoms with Crippen molar-refractivity contribution in [3.05, 3.63) is 0 Å². The van der Waals surface area contributed by atoms with Crippen LogP contribution in [0, 0.1) is 0 Å². The minimum atomic E-state index is -3.99. The highest BCUT2D eigenvalue weighted by Crippen LogP contribution is 2.56. The van der Waals surface area contributed by atoms with Gasteiger partial charge in [0.25, 0.3) is 0 Å². The molecule has 3 N–H and O–H groups in total. The zero-order valence-corrected chi connectivity index (χ0v) is 8.11. The maximum absolute atomic E-state index is 10.5. The maximum atomic E-state index is 10.5. The summed E-state index contributed by atoms with van der Waals surface area (Å²) >= 11 is 7.12. The first-order valence-electron chi connectivity index (χ1n) is 1.96. The van der Waals surface area contributed by atoms with E-state index in [0.29, 0.717) is 0 Å². The molecule has 5 nitrogen and oxygen atoms in total. The third-order valence-electron chi connectivity index (χ3n) is 0.491. The summed E-state index contributed by atoms with van der Waals surface area (Å²) < 4.78 is 14.3. The topological polar surface area (TPSA) is 87.0 Å². The lowest BCUT2D eigenvalue weighted by atomic mass is 11.9. The van der Waals surface area contributed by atoms with Crippen molar-refractivity contribution in [3.8, 4) is 0 Å². The quantitative estimate of drug-likeness (QED) is 0.313. The van der Waals surface area contributed by atoms with E-state index in [1.54, 1.807) is 0 Å². The molecule has 0 bridgehead atoms. The molecule has 0 saturated heterocycles. The van der Waals surface area contributed by atoms with Gasteiger partial charge < -0.3 is 14.7 Å². The Morgan fingerprint density at radius 2 is 1.90 bits per heavy atom. The van der Waals surface area contributed by atoms with Crippen molar-refractivity contribution in [2.24, 2.45) is 0 Å². The zero-order chi connectivity index (χ0) is 8.41. The predicted molar refractivity (Wildman–Crippen MR) is 43.5 cm³/mol. The maximum Gasteiger partial charge on any atom is 0.348 e. The van der Waals surface area contributed by atoms with Crippen LogP contribution in [0.4, 0.5) is 0 Å². The first-order chi connectivity index (χ1) is 4.27. The van der Waals surface area contributed by atoms with Crippen LogP contribution in [0.3, 0.4) is 0 Å². The van der Waals surface area contributed by atoms with Gasteiger partial charge in [-0.25, -0.2) is 3.97 Å². The van der Waals surface area contributed by atoms with Crippen LogP contribution in [0.2, 0.25) is 0 Å². The van der Waals surface area contributed by atoms with Gasteiger partial charge in [0.05, 0.1) is 0 Å². The highest BCUT2D eigenvalue weighted by atomic mass is 32.5. The molecule has 0 aliphatic carbocycles. The molecule has 0 aliphatic rings. The van der Waals surface area contributed by atoms with Crippen molar-refractivity contribution >= 4 is 38.8 Å². The lowest BCUT2D eigenvalue weighted by Crippen LogP contribution is -1.89. The van der Waals surface area contributed by atoms with Gasteiger partial charge in [0.2, 0.25) is 0 Å². The molecule has 9 heteroatoms. The Morgan fingerprint density at radius 1 is 1.50 bits per heavy atom. The van der Waals surface area contributed by atoms with E-state index in [1.807, 2.05) is 0 Å². The van der Waals surface area contributed by atoms with E-state index >= 15 is 0 Å². The summed E-state index contributed by atoms with van der Waals surface area (Å²) in [5.41, 5.74) is 0. The molecule has 0 rings (SSSR count). The van der Waals surface area contributed by atoms with Crippen LogP contribution in [0.25, 0.3) is 0 Å². The number of hydrogen-bond acceptors (Lipinski definition) is 4. The molecule has 0 saturated carbocycles. The van der Waals surface area contributed by atoms with Gasteiger partial charge in [-0.3, -0.25) is 4.57 Å². The van der Waals surface area contributed by atoms with Gasteiger partial charge in [-0.1, -0.05) is 0 Å². The van der Waals surface area contributed by atoms with Crippen LogP contribution in [-0.2, 0) is 20.3 Å². The van der Waals surface area contributed by atoms with E-state index in [0.717, 1.165) is 0 Å². The largest absolute Gasteiger partial charge is 0.348 e. The van der Waals surface area contributed by atoms with Gasteiger partial charge in [0.1, 0.15) is 5.90 Å². The molecule has 0 spiro atoms. The molecule has 0 aromatic rings. The molecule has 0 radical (unpaired) electrons. The minimum absolute atomic E-state index is 0.834. The average Bonchev–Trinajstić information content (AvgIpc) is 1.60. The van der Waals surface area contributed by atoms with E-state index in [-0.39, 0.29) is 0 Å². The van der Waals surface area contributed by atoms with Crippen molar-refractivity contribution in [3.63, 3.8) is 0 Å². The monoisotopic (exact) mass is 224 g/mol.